The molecule has 4 rings (SSSR count). The smallest absolute Gasteiger partial charge is 0.241 e. The number of benzene rings is 2. The van der Waals surface area contributed by atoms with Crippen molar-refractivity contribution >= 4 is 33.1 Å². The Balaban J connectivity index is 1.40. The van der Waals surface area contributed by atoms with Crippen molar-refractivity contribution < 1.29 is 9.53 Å². The third-order valence-corrected chi connectivity index (χ3v) is 6.17. The van der Waals surface area contributed by atoms with Crippen LogP contribution < -0.4 is 10.1 Å². The summed E-state index contributed by atoms with van der Waals surface area (Å²) in [4.78, 5) is 19.5. The molecule has 0 bridgehead atoms. The number of piperidine rings is 1. The standard InChI is InChI=1S/C21H23N3O2S/c1-26-18-10-4-2-8-16(18)22-13-20(25)24-12-6-7-15(14-24)21-23-17-9-3-5-11-19(17)27-21/h2-5,8-11,15,22H,6-7,12-14H2,1H3/t15-/m1/s1. The number of hydrogen-bond donors (Lipinski definition) is 1. The Morgan fingerprint density at radius 3 is 2.93 bits per heavy atom. The fourth-order valence-electron chi connectivity index (χ4n) is 3.54. The first-order valence-electron chi connectivity index (χ1n) is 9.24. The minimum absolute atomic E-state index is 0.117. The summed E-state index contributed by atoms with van der Waals surface area (Å²) in [6, 6.07) is 15.9. The minimum Gasteiger partial charge on any atom is -0.495 e. The van der Waals surface area contributed by atoms with Crippen LogP contribution >= 0.6 is 11.3 Å². The van der Waals surface area contributed by atoms with Crippen LogP contribution in [0.25, 0.3) is 10.2 Å². The van der Waals surface area contributed by atoms with Crippen LogP contribution in [-0.2, 0) is 4.79 Å². The van der Waals surface area contributed by atoms with E-state index in [9.17, 15) is 4.79 Å². The first kappa shape index (κ1) is 17.8. The van der Waals surface area contributed by atoms with Gasteiger partial charge in [-0.1, -0.05) is 24.3 Å². The van der Waals surface area contributed by atoms with Gasteiger partial charge >= 0.3 is 0 Å². The third-order valence-electron chi connectivity index (χ3n) is 4.97. The number of carbonyl (C=O) groups excluding carboxylic acids is 1. The lowest BCUT2D eigenvalue weighted by Gasteiger charge is -2.32. The Morgan fingerprint density at radius 1 is 1.26 bits per heavy atom. The van der Waals surface area contributed by atoms with Gasteiger partial charge in [0.15, 0.2) is 0 Å². The fraction of sp³-hybridized carbons (Fsp3) is 0.333. The number of amides is 1. The molecule has 0 radical (unpaired) electrons. The molecule has 1 fully saturated rings. The van der Waals surface area contributed by atoms with Crippen LogP contribution in [0.1, 0.15) is 23.8 Å². The molecule has 1 saturated heterocycles. The van der Waals surface area contributed by atoms with Gasteiger partial charge in [-0.2, -0.15) is 0 Å². The molecule has 3 aromatic rings. The number of anilines is 1. The molecule has 27 heavy (non-hydrogen) atoms. The third kappa shape index (κ3) is 3.90. The second-order valence-corrected chi connectivity index (χ2v) is 7.81. The van der Waals surface area contributed by atoms with Crippen LogP contribution in [-0.4, -0.2) is 42.5 Å². The van der Waals surface area contributed by atoms with E-state index in [0.717, 1.165) is 47.9 Å². The van der Waals surface area contributed by atoms with E-state index in [4.69, 9.17) is 9.72 Å². The predicted molar refractivity (Wildman–Crippen MR) is 110 cm³/mol. The highest BCUT2D eigenvalue weighted by Crippen LogP contribution is 2.33. The van der Waals surface area contributed by atoms with Gasteiger partial charge in [0.1, 0.15) is 5.75 Å². The molecule has 0 saturated carbocycles. The van der Waals surface area contributed by atoms with E-state index in [1.165, 1.54) is 4.70 Å². The number of carbonyl (C=O) groups is 1. The second-order valence-electron chi connectivity index (χ2n) is 6.75. The largest absolute Gasteiger partial charge is 0.495 e. The Hall–Kier alpha value is -2.60. The number of rotatable bonds is 5. The normalized spacial score (nSPS) is 17.1. The van der Waals surface area contributed by atoms with Crippen molar-refractivity contribution in [3.05, 3.63) is 53.5 Å². The fourth-order valence-corrected chi connectivity index (χ4v) is 4.64. The van der Waals surface area contributed by atoms with Crippen molar-refractivity contribution in [3.63, 3.8) is 0 Å². The highest BCUT2D eigenvalue weighted by atomic mass is 32.1. The molecule has 1 N–H and O–H groups in total. The number of nitrogens with zero attached hydrogens (tertiary/aromatic N) is 2. The average molecular weight is 382 g/mol. The number of aromatic nitrogens is 1. The van der Waals surface area contributed by atoms with Gasteiger partial charge in [0, 0.05) is 19.0 Å². The summed E-state index contributed by atoms with van der Waals surface area (Å²) in [5.74, 6) is 1.19. The Morgan fingerprint density at radius 2 is 2.07 bits per heavy atom. The molecule has 2 heterocycles. The molecule has 2 aromatic carbocycles. The van der Waals surface area contributed by atoms with Crippen LogP contribution in [0.2, 0.25) is 0 Å². The lowest BCUT2D eigenvalue weighted by Crippen LogP contribution is -2.41. The van der Waals surface area contributed by atoms with E-state index in [1.54, 1.807) is 18.4 Å². The summed E-state index contributed by atoms with van der Waals surface area (Å²) >= 11 is 1.75. The van der Waals surface area contributed by atoms with Gasteiger partial charge in [0.2, 0.25) is 5.91 Å². The average Bonchev–Trinajstić information content (AvgIpc) is 3.16. The molecule has 1 aliphatic heterocycles. The zero-order chi connectivity index (χ0) is 18.6. The number of fused-ring (bicyclic) bond motifs is 1. The Labute approximate surface area is 163 Å². The summed E-state index contributed by atoms with van der Waals surface area (Å²) in [5, 5.41) is 4.35. The van der Waals surface area contributed by atoms with E-state index in [1.807, 2.05) is 41.3 Å². The van der Waals surface area contributed by atoms with Crippen LogP contribution in [0, 0.1) is 0 Å². The molecular weight excluding hydrogens is 358 g/mol. The van der Waals surface area contributed by atoms with Gasteiger partial charge in [-0.05, 0) is 37.1 Å². The maximum atomic E-state index is 12.7. The highest BCUT2D eigenvalue weighted by molar-refractivity contribution is 7.18. The molecule has 0 aliphatic carbocycles. The van der Waals surface area contributed by atoms with Crippen molar-refractivity contribution in [3.8, 4) is 5.75 Å². The summed E-state index contributed by atoms with van der Waals surface area (Å²) in [5.41, 5.74) is 1.90. The van der Waals surface area contributed by atoms with E-state index in [-0.39, 0.29) is 12.5 Å². The van der Waals surface area contributed by atoms with Crippen molar-refractivity contribution in [1.82, 2.24) is 9.88 Å². The summed E-state index contributed by atoms with van der Waals surface area (Å²) in [7, 11) is 1.63. The molecule has 0 spiro atoms. The number of likely N-dealkylation sites (tertiary alicyclic amines) is 1. The number of para-hydroxylation sites is 3. The van der Waals surface area contributed by atoms with Gasteiger partial charge in [-0.3, -0.25) is 4.79 Å². The molecule has 1 atom stereocenters. The van der Waals surface area contributed by atoms with Crippen LogP contribution in [0.15, 0.2) is 48.5 Å². The van der Waals surface area contributed by atoms with E-state index < -0.39 is 0 Å². The lowest BCUT2D eigenvalue weighted by molar-refractivity contribution is -0.130. The molecular formula is C21H23N3O2S. The maximum Gasteiger partial charge on any atom is 0.241 e. The lowest BCUT2D eigenvalue weighted by atomic mass is 9.98. The van der Waals surface area contributed by atoms with Crippen LogP contribution in [0.5, 0.6) is 5.75 Å². The van der Waals surface area contributed by atoms with Crippen LogP contribution in [0.4, 0.5) is 5.69 Å². The summed E-state index contributed by atoms with van der Waals surface area (Å²) in [6.07, 6.45) is 2.10. The molecule has 6 heteroatoms. The highest BCUT2D eigenvalue weighted by Gasteiger charge is 2.26. The Kier molecular flexibility index (Phi) is 5.25. The van der Waals surface area contributed by atoms with E-state index >= 15 is 0 Å². The quantitative estimate of drug-likeness (QED) is 0.722. The van der Waals surface area contributed by atoms with E-state index in [0.29, 0.717) is 5.92 Å². The monoisotopic (exact) mass is 381 g/mol. The number of hydrogen-bond acceptors (Lipinski definition) is 5. The minimum atomic E-state index is 0.117. The molecule has 0 unspecified atom stereocenters. The predicted octanol–water partition coefficient (Wildman–Crippen LogP) is 4.12. The second kappa shape index (κ2) is 7.96. The van der Waals surface area contributed by atoms with Crippen molar-refractivity contribution in [1.29, 1.82) is 0 Å². The first-order chi connectivity index (χ1) is 13.2. The van der Waals surface area contributed by atoms with Crippen molar-refractivity contribution in [2.75, 3.05) is 32.1 Å². The zero-order valence-corrected chi connectivity index (χ0v) is 16.2. The van der Waals surface area contributed by atoms with Gasteiger partial charge in [-0.15, -0.1) is 11.3 Å². The van der Waals surface area contributed by atoms with Gasteiger partial charge in [0.25, 0.3) is 0 Å². The van der Waals surface area contributed by atoms with Crippen LogP contribution in [0.3, 0.4) is 0 Å². The molecule has 140 valence electrons. The number of nitrogens with one attached hydrogen (secondary N) is 1. The number of ether oxygens (including phenoxy) is 1. The summed E-state index contributed by atoms with van der Waals surface area (Å²) < 4.78 is 6.55. The van der Waals surface area contributed by atoms with Gasteiger partial charge in [-0.25, -0.2) is 4.98 Å². The number of methoxy groups -OCH3 is 1. The SMILES string of the molecule is COc1ccccc1NCC(=O)N1CCC[C@@H](c2nc3ccccc3s2)C1. The molecule has 1 aliphatic rings. The van der Waals surface area contributed by atoms with Crippen molar-refractivity contribution in [2.24, 2.45) is 0 Å². The maximum absolute atomic E-state index is 12.7. The summed E-state index contributed by atoms with van der Waals surface area (Å²) in [6.45, 7) is 1.83. The van der Waals surface area contributed by atoms with Crippen molar-refractivity contribution in [2.45, 2.75) is 18.8 Å². The number of thiazole rings is 1. The molecule has 5 nitrogen and oxygen atoms in total. The molecule has 1 amide bonds. The molecule has 1 aromatic heterocycles. The van der Waals surface area contributed by atoms with Gasteiger partial charge in [0.05, 0.1) is 34.6 Å². The Bertz CT molecular complexity index is 907. The van der Waals surface area contributed by atoms with E-state index in [2.05, 4.69) is 17.4 Å². The first-order valence-corrected chi connectivity index (χ1v) is 10.1. The topological polar surface area (TPSA) is 54.5 Å². The van der Waals surface area contributed by atoms with Gasteiger partial charge < -0.3 is 15.0 Å². The zero-order valence-electron chi connectivity index (χ0n) is 15.4.